The molecule has 134 valence electrons. The number of hydrogen-bond acceptors (Lipinski definition) is 3. The second-order valence-corrected chi connectivity index (χ2v) is 7.16. The highest BCUT2D eigenvalue weighted by atomic mass is 16.3. The molecule has 1 aromatic heterocycles. The number of hydrogen-bond donors (Lipinski definition) is 3. The van der Waals surface area contributed by atoms with E-state index in [1.807, 2.05) is 18.2 Å². The van der Waals surface area contributed by atoms with Crippen LogP contribution in [0, 0.1) is 0 Å². The van der Waals surface area contributed by atoms with Crippen LogP contribution in [0.4, 0.5) is 0 Å². The quantitative estimate of drug-likeness (QED) is 0.519. The van der Waals surface area contributed by atoms with E-state index in [1.165, 1.54) is 27.8 Å². The molecule has 1 heterocycles. The first-order chi connectivity index (χ1) is 13.3. The summed E-state index contributed by atoms with van der Waals surface area (Å²) in [7, 11) is 0. The molecule has 27 heavy (non-hydrogen) atoms. The zero-order valence-electron chi connectivity index (χ0n) is 14.9. The number of aromatic amines is 1. The molecule has 0 spiro atoms. The molecule has 3 N–H and O–H groups in total. The van der Waals surface area contributed by atoms with E-state index < -0.39 is 0 Å². The van der Waals surface area contributed by atoms with Crippen LogP contribution in [0.1, 0.15) is 22.7 Å². The first-order valence-electron chi connectivity index (χ1n) is 9.30. The van der Waals surface area contributed by atoms with Gasteiger partial charge in [-0.3, -0.25) is 0 Å². The van der Waals surface area contributed by atoms with Gasteiger partial charge in [-0.05, 0) is 39.9 Å². The summed E-state index contributed by atoms with van der Waals surface area (Å²) in [6, 6.07) is 23.1. The molecule has 0 fully saturated rings. The number of aliphatic hydroxyl groups is 1. The smallest absolute Gasteiger partial charge is 0.0931 e. The van der Waals surface area contributed by atoms with E-state index >= 15 is 0 Å². The highest BCUT2D eigenvalue weighted by Crippen LogP contribution is 2.31. The fraction of sp³-hybridized carbons (Fsp3) is 0.174. The second-order valence-electron chi connectivity index (χ2n) is 7.16. The Labute approximate surface area is 157 Å². The Morgan fingerprint density at radius 3 is 2.70 bits per heavy atom. The molecule has 4 aromatic rings. The highest BCUT2D eigenvalue weighted by Gasteiger charge is 2.29. The predicted octanol–water partition coefficient (Wildman–Crippen LogP) is 3.98. The molecule has 0 bridgehead atoms. The van der Waals surface area contributed by atoms with E-state index in [0.717, 1.165) is 24.0 Å². The van der Waals surface area contributed by atoms with Crippen LogP contribution in [0.2, 0.25) is 0 Å². The summed E-state index contributed by atoms with van der Waals surface area (Å²) < 4.78 is 0. The highest BCUT2D eigenvalue weighted by molar-refractivity contribution is 5.81. The van der Waals surface area contributed by atoms with Gasteiger partial charge in [-0.25, -0.2) is 4.98 Å². The topological polar surface area (TPSA) is 60.9 Å². The zero-order valence-corrected chi connectivity index (χ0v) is 14.9. The van der Waals surface area contributed by atoms with E-state index in [1.54, 1.807) is 6.33 Å². The molecule has 2 atom stereocenters. The van der Waals surface area contributed by atoms with Gasteiger partial charge in [-0.2, -0.15) is 0 Å². The van der Waals surface area contributed by atoms with Crippen molar-refractivity contribution in [3.05, 3.63) is 89.7 Å². The van der Waals surface area contributed by atoms with Crippen LogP contribution in [0.15, 0.2) is 73.1 Å². The molecule has 4 nitrogen and oxygen atoms in total. The zero-order chi connectivity index (χ0) is 18.2. The van der Waals surface area contributed by atoms with Gasteiger partial charge in [0.2, 0.25) is 0 Å². The molecule has 0 radical (unpaired) electrons. The average Bonchev–Trinajstić information content (AvgIpc) is 3.29. The normalized spacial score (nSPS) is 18.7. The van der Waals surface area contributed by atoms with Crippen molar-refractivity contribution in [1.29, 1.82) is 0 Å². The van der Waals surface area contributed by atoms with Gasteiger partial charge in [-0.1, -0.05) is 54.6 Å². The third kappa shape index (κ3) is 3.03. The first kappa shape index (κ1) is 16.2. The molecule has 4 heteroatoms. The van der Waals surface area contributed by atoms with Crippen LogP contribution in [0.3, 0.4) is 0 Å². The van der Waals surface area contributed by atoms with Gasteiger partial charge in [0.25, 0.3) is 0 Å². The minimum absolute atomic E-state index is 0.00339. The summed E-state index contributed by atoms with van der Waals surface area (Å²) in [5.41, 5.74) is 8.05. The second kappa shape index (κ2) is 6.65. The van der Waals surface area contributed by atoms with Crippen molar-refractivity contribution in [2.75, 3.05) is 0 Å². The number of nitrogens with zero attached hydrogens (tertiary/aromatic N) is 1. The number of nitrogens with one attached hydrogen (secondary N) is 2. The SMILES string of the molecule is OC1Cc2ccccc2[C@H]1NCc1ccc(-c2ccc3nc[nH]c3c2)cc1. The van der Waals surface area contributed by atoms with Gasteiger partial charge in [0, 0.05) is 13.0 Å². The van der Waals surface area contributed by atoms with Gasteiger partial charge in [0.05, 0.1) is 29.5 Å². The average molecular weight is 355 g/mol. The van der Waals surface area contributed by atoms with Crippen LogP contribution in [-0.2, 0) is 13.0 Å². The predicted molar refractivity (Wildman–Crippen MR) is 107 cm³/mol. The Morgan fingerprint density at radius 1 is 1.00 bits per heavy atom. The third-order valence-electron chi connectivity index (χ3n) is 5.44. The monoisotopic (exact) mass is 355 g/mol. The number of aliphatic hydroxyl groups excluding tert-OH is 1. The third-order valence-corrected chi connectivity index (χ3v) is 5.44. The number of benzene rings is 3. The molecule has 0 saturated heterocycles. The van der Waals surface area contributed by atoms with E-state index in [2.05, 4.69) is 63.8 Å². The maximum atomic E-state index is 10.4. The summed E-state index contributed by atoms with van der Waals surface area (Å²) in [6.07, 6.45) is 2.09. The van der Waals surface area contributed by atoms with Gasteiger partial charge in [0.15, 0.2) is 0 Å². The summed E-state index contributed by atoms with van der Waals surface area (Å²) >= 11 is 0. The van der Waals surface area contributed by atoms with E-state index in [0.29, 0.717) is 0 Å². The summed E-state index contributed by atoms with van der Waals surface area (Å²) in [6.45, 7) is 0.732. The maximum Gasteiger partial charge on any atom is 0.0931 e. The van der Waals surface area contributed by atoms with Crippen LogP contribution in [0.5, 0.6) is 0 Å². The number of rotatable bonds is 4. The molecular weight excluding hydrogens is 334 g/mol. The van der Waals surface area contributed by atoms with Crippen molar-refractivity contribution < 1.29 is 5.11 Å². The van der Waals surface area contributed by atoms with Crippen LogP contribution in [0.25, 0.3) is 22.2 Å². The van der Waals surface area contributed by atoms with Crippen LogP contribution < -0.4 is 5.32 Å². The van der Waals surface area contributed by atoms with Crippen molar-refractivity contribution in [2.45, 2.75) is 25.1 Å². The standard InChI is InChI=1S/C23H21N3O/c27-22-12-18-3-1-2-4-19(18)23(22)24-13-15-5-7-16(8-6-15)17-9-10-20-21(11-17)26-14-25-20/h1-11,14,22-24,27H,12-13H2,(H,25,26)/t22?,23-/m1/s1. The Hall–Kier alpha value is -2.95. The Bertz CT molecular complexity index is 1080. The van der Waals surface area contributed by atoms with Gasteiger partial charge >= 0.3 is 0 Å². The van der Waals surface area contributed by atoms with Crippen molar-refractivity contribution in [1.82, 2.24) is 15.3 Å². The Kier molecular flexibility index (Phi) is 4.00. The Morgan fingerprint density at radius 2 is 1.81 bits per heavy atom. The molecular formula is C23H21N3O. The summed E-state index contributed by atoms with van der Waals surface area (Å²) in [5, 5.41) is 13.9. The largest absolute Gasteiger partial charge is 0.391 e. The first-order valence-corrected chi connectivity index (χ1v) is 9.30. The molecule has 1 unspecified atom stereocenters. The van der Waals surface area contributed by atoms with Crippen molar-refractivity contribution >= 4 is 11.0 Å². The Balaban J connectivity index is 1.31. The number of fused-ring (bicyclic) bond motifs is 2. The minimum Gasteiger partial charge on any atom is -0.391 e. The van der Waals surface area contributed by atoms with Crippen molar-refractivity contribution in [2.24, 2.45) is 0 Å². The molecule has 5 rings (SSSR count). The fourth-order valence-corrected chi connectivity index (χ4v) is 3.98. The lowest BCUT2D eigenvalue weighted by molar-refractivity contribution is 0.140. The molecule has 1 aliphatic carbocycles. The van der Waals surface area contributed by atoms with Crippen LogP contribution in [-0.4, -0.2) is 21.2 Å². The van der Waals surface area contributed by atoms with Gasteiger partial charge in [-0.15, -0.1) is 0 Å². The maximum absolute atomic E-state index is 10.4. The number of aromatic nitrogens is 2. The molecule has 0 aliphatic heterocycles. The molecule has 0 saturated carbocycles. The number of imidazole rings is 1. The lowest BCUT2D eigenvalue weighted by atomic mass is 10.0. The molecule has 3 aromatic carbocycles. The summed E-state index contributed by atoms with van der Waals surface area (Å²) in [5.74, 6) is 0. The van der Waals surface area contributed by atoms with E-state index in [-0.39, 0.29) is 12.1 Å². The lowest BCUT2D eigenvalue weighted by Gasteiger charge is -2.18. The van der Waals surface area contributed by atoms with Crippen molar-refractivity contribution in [3.8, 4) is 11.1 Å². The van der Waals surface area contributed by atoms with E-state index in [9.17, 15) is 5.11 Å². The van der Waals surface area contributed by atoms with Gasteiger partial charge < -0.3 is 15.4 Å². The summed E-state index contributed by atoms with van der Waals surface area (Å²) in [4.78, 5) is 7.43. The van der Waals surface area contributed by atoms with Gasteiger partial charge in [0.1, 0.15) is 0 Å². The fourth-order valence-electron chi connectivity index (χ4n) is 3.98. The lowest BCUT2D eigenvalue weighted by Crippen LogP contribution is -2.28. The number of H-pyrrole nitrogens is 1. The molecule has 1 aliphatic rings. The molecule has 0 amide bonds. The van der Waals surface area contributed by atoms with Crippen LogP contribution >= 0.6 is 0 Å². The van der Waals surface area contributed by atoms with E-state index in [4.69, 9.17) is 0 Å². The van der Waals surface area contributed by atoms with Crippen molar-refractivity contribution in [3.63, 3.8) is 0 Å². The minimum atomic E-state index is -0.359.